The number of amides is 1. The Morgan fingerprint density at radius 3 is 2.22 bits per heavy atom. The number of halogens is 1. The molecule has 1 fully saturated rings. The summed E-state index contributed by atoms with van der Waals surface area (Å²) in [6.07, 6.45) is 1.37. The van der Waals surface area contributed by atoms with Gasteiger partial charge in [0.1, 0.15) is 11.8 Å². The van der Waals surface area contributed by atoms with Crippen molar-refractivity contribution in [3.8, 4) is 22.4 Å². The Labute approximate surface area is 212 Å². The molecular weight excluding hydrogens is 480 g/mol. The molecule has 0 aliphatic heterocycles. The van der Waals surface area contributed by atoms with Crippen LogP contribution in [0.2, 0.25) is 5.02 Å². The van der Waals surface area contributed by atoms with Crippen molar-refractivity contribution in [3.63, 3.8) is 0 Å². The molecule has 1 aliphatic carbocycles. The number of ether oxygens (including phenoxy) is 1. The van der Waals surface area contributed by atoms with Crippen LogP contribution in [0.3, 0.4) is 0 Å². The van der Waals surface area contributed by atoms with E-state index >= 15 is 0 Å². The highest BCUT2D eigenvalue weighted by molar-refractivity contribution is 6.31. The fourth-order valence-electron chi connectivity index (χ4n) is 4.24. The lowest BCUT2D eigenvalue weighted by Gasteiger charge is -2.15. The zero-order valence-corrected chi connectivity index (χ0v) is 20.2. The zero-order chi connectivity index (χ0) is 25.3. The van der Waals surface area contributed by atoms with Crippen molar-refractivity contribution in [1.29, 1.82) is 0 Å². The lowest BCUT2D eigenvalue weighted by atomic mass is 9.93. The maximum atomic E-state index is 12.5. The van der Waals surface area contributed by atoms with Gasteiger partial charge in [-0.15, -0.1) is 0 Å². The van der Waals surface area contributed by atoms with E-state index in [4.69, 9.17) is 20.8 Å². The van der Waals surface area contributed by atoms with Crippen molar-refractivity contribution in [2.45, 2.75) is 31.3 Å². The normalized spacial score (nSPS) is 14.6. The monoisotopic (exact) mass is 502 g/mol. The third-order valence-electron chi connectivity index (χ3n) is 6.50. The molecule has 182 valence electrons. The average Bonchev–Trinajstić information content (AvgIpc) is 3.58. The molecule has 4 aromatic rings. The van der Waals surface area contributed by atoms with Crippen molar-refractivity contribution in [3.05, 3.63) is 95.3 Å². The Bertz CT molecular complexity index is 1410. The first-order chi connectivity index (χ1) is 17.4. The molecule has 1 heterocycles. The van der Waals surface area contributed by atoms with Crippen molar-refractivity contribution in [1.82, 2.24) is 4.98 Å². The molecule has 1 saturated carbocycles. The minimum absolute atomic E-state index is 0.173. The Hall–Kier alpha value is -4.10. The molecule has 1 atom stereocenters. The third-order valence-corrected chi connectivity index (χ3v) is 6.84. The summed E-state index contributed by atoms with van der Waals surface area (Å²) < 4.78 is 10.8. The highest BCUT2D eigenvalue weighted by atomic mass is 35.5. The van der Waals surface area contributed by atoms with E-state index in [-0.39, 0.29) is 5.88 Å². The summed E-state index contributed by atoms with van der Waals surface area (Å²) in [4.78, 5) is 28.3. The van der Waals surface area contributed by atoms with Gasteiger partial charge >= 0.3 is 12.1 Å². The fourth-order valence-corrected chi connectivity index (χ4v) is 4.53. The van der Waals surface area contributed by atoms with E-state index in [2.05, 4.69) is 10.3 Å². The smallest absolute Gasteiger partial charge is 0.414 e. The van der Waals surface area contributed by atoms with E-state index in [1.807, 2.05) is 60.7 Å². The molecule has 0 saturated heterocycles. The largest absolute Gasteiger partial charge is 0.481 e. The maximum Gasteiger partial charge on any atom is 0.414 e. The molecule has 0 spiro atoms. The second-order valence-corrected chi connectivity index (χ2v) is 9.17. The molecular formula is C28H23ClN2O5. The van der Waals surface area contributed by atoms with Gasteiger partial charge in [-0.05, 0) is 42.5 Å². The first-order valence-electron chi connectivity index (χ1n) is 11.5. The number of aliphatic carboxylic acids is 1. The van der Waals surface area contributed by atoms with Gasteiger partial charge in [0.2, 0.25) is 5.88 Å². The molecule has 1 amide bonds. The average molecular weight is 503 g/mol. The number of oxazole rings is 1. The molecule has 0 bridgehead atoms. The standard InChI is InChI=1S/C28H23ClN2O5/c1-17(22-4-2-3-5-23(22)29)36-27(34)31-25-24(30-16-35-25)20-8-6-18(7-9-20)19-10-12-21(13-11-19)28(14-15-28)26(32)33/h2-13,16-17H,14-15H2,1H3,(H,31,34)(H,32,33)/t17-/m1/s1. The molecule has 1 aromatic heterocycles. The van der Waals surface area contributed by atoms with Crippen LogP contribution in [0.25, 0.3) is 22.4 Å². The summed E-state index contributed by atoms with van der Waals surface area (Å²) in [7, 11) is 0. The molecule has 0 unspecified atom stereocenters. The molecule has 0 radical (unpaired) electrons. The van der Waals surface area contributed by atoms with Gasteiger partial charge in [-0.1, -0.05) is 78.3 Å². The molecule has 36 heavy (non-hydrogen) atoms. The number of nitrogens with one attached hydrogen (secondary N) is 1. The first-order valence-corrected chi connectivity index (χ1v) is 11.9. The summed E-state index contributed by atoms with van der Waals surface area (Å²) in [6, 6.07) is 22.4. The number of rotatable bonds is 7. The number of carbonyl (C=O) groups is 2. The molecule has 5 rings (SSSR count). The van der Waals surface area contributed by atoms with Crippen LogP contribution in [0.1, 0.15) is 37.0 Å². The lowest BCUT2D eigenvalue weighted by Crippen LogP contribution is -2.19. The summed E-state index contributed by atoms with van der Waals surface area (Å²) in [5.41, 5.74) is 3.98. The van der Waals surface area contributed by atoms with E-state index in [1.54, 1.807) is 19.1 Å². The van der Waals surface area contributed by atoms with Crippen molar-refractivity contribution in [2.75, 3.05) is 5.32 Å². The summed E-state index contributed by atoms with van der Waals surface area (Å²) in [5.74, 6) is -0.592. The van der Waals surface area contributed by atoms with Crippen molar-refractivity contribution >= 4 is 29.5 Å². The third kappa shape index (κ3) is 4.57. The highest BCUT2D eigenvalue weighted by Gasteiger charge is 2.51. The van der Waals surface area contributed by atoms with E-state index in [0.717, 1.165) is 22.3 Å². The Balaban J connectivity index is 1.27. The van der Waals surface area contributed by atoms with E-state index in [9.17, 15) is 14.7 Å². The second kappa shape index (κ2) is 9.51. The first kappa shape index (κ1) is 23.6. The predicted molar refractivity (Wildman–Crippen MR) is 136 cm³/mol. The number of carboxylic acids is 1. The van der Waals surface area contributed by atoms with Crippen LogP contribution in [0, 0.1) is 0 Å². The van der Waals surface area contributed by atoms with Crippen LogP contribution in [0.4, 0.5) is 10.7 Å². The Morgan fingerprint density at radius 1 is 1.00 bits per heavy atom. The SMILES string of the molecule is C[C@@H](OC(=O)Nc1ocnc1-c1ccc(-c2ccc(C3(C(=O)O)CC3)cc2)cc1)c1ccccc1Cl. The van der Waals surface area contributed by atoms with Gasteiger partial charge in [0.15, 0.2) is 6.39 Å². The van der Waals surface area contributed by atoms with Crippen molar-refractivity contribution < 1.29 is 23.8 Å². The molecule has 3 aromatic carbocycles. The van der Waals surface area contributed by atoms with Gasteiger partial charge in [-0.2, -0.15) is 0 Å². The van der Waals surface area contributed by atoms with Gasteiger partial charge < -0.3 is 14.3 Å². The topological polar surface area (TPSA) is 102 Å². The zero-order valence-electron chi connectivity index (χ0n) is 19.4. The van der Waals surface area contributed by atoms with E-state index in [1.165, 1.54) is 6.39 Å². The van der Waals surface area contributed by atoms with Gasteiger partial charge in [0.05, 0.1) is 5.41 Å². The summed E-state index contributed by atoms with van der Waals surface area (Å²) in [5, 5.41) is 12.6. The predicted octanol–water partition coefficient (Wildman–Crippen LogP) is 7.09. The maximum absolute atomic E-state index is 12.5. The molecule has 2 N–H and O–H groups in total. The van der Waals surface area contributed by atoms with Crippen LogP contribution in [0.5, 0.6) is 0 Å². The molecule has 8 heteroatoms. The number of carbonyl (C=O) groups excluding carboxylic acids is 1. The number of nitrogens with zero attached hydrogens (tertiary/aromatic N) is 1. The van der Waals surface area contributed by atoms with Crippen LogP contribution in [0.15, 0.2) is 83.6 Å². The minimum Gasteiger partial charge on any atom is -0.481 e. The van der Waals surface area contributed by atoms with Crippen molar-refractivity contribution in [2.24, 2.45) is 0 Å². The summed E-state index contributed by atoms with van der Waals surface area (Å²) >= 11 is 6.19. The van der Waals surface area contributed by atoms with Gasteiger partial charge in [0.25, 0.3) is 0 Å². The van der Waals surface area contributed by atoms with E-state index in [0.29, 0.717) is 29.1 Å². The number of hydrogen-bond donors (Lipinski definition) is 2. The van der Waals surface area contributed by atoms with Crippen LogP contribution >= 0.6 is 11.6 Å². The van der Waals surface area contributed by atoms with Gasteiger partial charge in [-0.3, -0.25) is 10.1 Å². The number of anilines is 1. The fraction of sp³-hybridized carbons (Fsp3) is 0.179. The number of carboxylic acid groups (broad SMARTS) is 1. The number of hydrogen-bond acceptors (Lipinski definition) is 5. The van der Waals surface area contributed by atoms with Crippen LogP contribution < -0.4 is 5.32 Å². The van der Waals surface area contributed by atoms with Crippen LogP contribution in [-0.2, 0) is 14.9 Å². The number of benzene rings is 3. The Morgan fingerprint density at radius 2 is 1.61 bits per heavy atom. The highest BCUT2D eigenvalue weighted by Crippen LogP contribution is 2.48. The lowest BCUT2D eigenvalue weighted by molar-refractivity contribution is -0.140. The second-order valence-electron chi connectivity index (χ2n) is 8.77. The van der Waals surface area contributed by atoms with Gasteiger partial charge in [-0.25, -0.2) is 9.78 Å². The Kier molecular flexibility index (Phi) is 6.24. The van der Waals surface area contributed by atoms with E-state index < -0.39 is 23.6 Å². The molecule has 1 aliphatic rings. The van der Waals surface area contributed by atoms with Gasteiger partial charge in [0, 0.05) is 16.1 Å². The minimum atomic E-state index is -0.765. The number of aromatic nitrogens is 1. The van der Waals surface area contributed by atoms with Crippen LogP contribution in [-0.4, -0.2) is 22.2 Å². The quantitative estimate of drug-likeness (QED) is 0.280. The summed E-state index contributed by atoms with van der Waals surface area (Å²) in [6.45, 7) is 1.74. The molecule has 7 nitrogen and oxygen atoms in total.